The lowest BCUT2D eigenvalue weighted by Crippen LogP contribution is -1.96. The zero-order chi connectivity index (χ0) is 14.8. The Hall–Kier alpha value is -0.850. The molecule has 2 rings (SSSR count). The normalized spacial score (nSPS) is 11.3. The van der Waals surface area contributed by atoms with Crippen molar-refractivity contribution in [2.45, 2.75) is 10.2 Å². The number of ether oxygens (including phenoxy) is 1. The summed E-state index contributed by atoms with van der Waals surface area (Å²) in [6, 6.07) is 12.1. The molecule has 0 radical (unpaired) electrons. The van der Waals surface area contributed by atoms with Crippen molar-refractivity contribution in [2.75, 3.05) is 6.26 Å². The molecule has 0 aliphatic rings. The van der Waals surface area contributed by atoms with E-state index in [9.17, 15) is 8.42 Å². The Bertz CT molecular complexity index is 710. The van der Waals surface area contributed by atoms with Crippen LogP contribution >= 0.6 is 31.9 Å². The molecule has 0 N–H and O–H groups in total. The Kier molecular flexibility index (Phi) is 4.88. The van der Waals surface area contributed by atoms with E-state index in [-0.39, 0.29) is 4.90 Å². The summed E-state index contributed by atoms with van der Waals surface area (Å²) in [7, 11) is -3.18. The lowest BCUT2D eigenvalue weighted by molar-refractivity contribution is 0.481. The Labute approximate surface area is 135 Å². The summed E-state index contributed by atoms with van der Waals surface area (Å²) >= 11 is 6.87. The van der Waals surface area contributed by atoms with Gasteiger partial charge in [-0.1, -0.05) is 37.9 Å². The van der Waals surface area contributed by atoms with Crippen LogP contribution < -0.4 is 4.74 Å². The Morgan fingerprint density at radius 3 is 2.15 bits per heavy atom. The molecular weight excluding hydrogens is 408 g/mol. The van der Waals surface area contributed by atoms with Crippen LogP contribution in [0, 0.1) is 0 Å². The topological polar surface area (TPSA) is 43.4 Å². The van der Waals surface area contributed by atoms with Gasteiger partial charge in [0, 0.05) is 16.1 Å². The second-order valence-electron chi connectivity index (χ2n) is 4.23. The van der Waals surface area contributed by atoms with Crippen LogP contribution in [-0.2, 0) is 15.2 Å². The third-order valence-corrected chi connectivity index (χ3v) is 5.13. The maximum atomic E-state index is 11.4. The Balaban J connectivity index is 2.20. The van der Waals surface area contributed by atoms with Crippen LogP contribution in [0.5, 0.6) is 11.5 Å². The summed E-state index contributed by atoms with van der Waals surface area (Å²) < 4.78 is 29.4. The third-order valence-electron chi connectivity index (χ3n) is 2.66. The molecule has 0 amide bonds. The van der Waals surface area contributed by atoms with Gasteiger partial charge in [0.25, 0.3) is 0 Å². The average molecular weight is 420 g/mol. The van der Waals surface area contributed by atoms with Crippen LogP contribution in [0.15, 0.2) is 51.8 Å². The molecule has 0 spiro atoms. The molecule has 0 unspecified atom stereocenters. The van der Waals surface area contributed by atoms with Gasteiger partial charge < -0.3 is 4.74 Å². The monoisotopic (exact) mass is 418 g/mol. The van der Waals surface area contributed by atoms with E-state index in [0.29, 0.717) is 11.5 Å². The first kappa shape index (κ1) is 15.5. The van der Waals surface area contributed by atoms with Crippen molar-refractivity contribution in [3.63, 3.8) is 0 Å². The molecule has 6 heteroatoms. The van der Waals surface area contributed by atoms with Gasteiger partial charge in [0.15, 0.2) is 9.84 Å². The van der Waals surface area contributed by atoms with Gasteiger partial charge in [-0.15, -0.1) is 0 Å². The van der Waals surface area contributed by atoms with Crippen LogP contribution in [0.25, 0.3) is 0 Å². The molecule has 0 atom stereocenters. The minimum atomic E-state index is -3.18. The molecule has 0 aliphatic carbocycles. The summed E-state index contributed by atoms with van der Waals surface area (Å²) in [4.78, 5) is 0.278. The highest BCUT2D eigenvalue weighted by Crippen LogP contribution is 2.28. The summed E-state index contributed by atoms with van der Waals surface area (Å²) in [5.41, 5.74) is 1.13. The van der Waals surface area contributed by atoms with Crippen molar-refractivity contribution in [3.8, 4) is 11.5 Å². The summed E-state index contributed by atoms with van der Waals surface area (Å²) in [5.74, 6) is 1.28. The summed E-state index contributed by atoms with van der Waals surface area (Å²) in [5, 5.41) is 0.761. The number of rotatable bonds is 4. The van der Waals surface area contributed by atoms with E-state index >= 15 is 0 Å². The first-order chi connectivity index (χ1) is 9.40. The van der Waals surface area contributed by atoms with Gasteiger partial charge >= 0.3 is 0 Å². The highest BCUT2D eigenvalue weighted by Gasteiger charge is 2.07. The lowest BCUT2D eigenvalue weighted by Gasteiger charge is -2.08. The van der Waals surface area contributed by atoms with Crippen LogP contribution in [0.3, 0.4) is 0 Å². The lowest BCUT2D eigenvalue weighted by atomic mass is 10.2. The highest BCUT2D eigenvalue weighted by atomic mass is 79.9. The van der Waals surface area contributed by atoms with Gasteiger partial charge in [-0.25, -0.2) is 8.42 Å². The van der Waals surface area contributed by atoms with Crippen molar-refractivity contribution in [3.05, 3.63) is 52.5 Å². The van der Waals surface area contributed by atoms with Gasteiger partial charge in [0.05, 0.1) is 4.90 Å². The molecule has 2 aromatic carbocycles. The van der Waals surface area contributed by atoms with Crippen LogP contribution in [-0.4, -0.2) is 14.7 Å². The number of halogens is 2. The van der Waals surface area contributed by atoms with E-state index in [4.69, 9.17) is 4.74 Å². The van der Waals surface area contributed by atoms with Crippen molar-refractivity contribution in [1.29, 1.82) is 0 Å². The molecule has 0 aromatic heterocycles. The highest BCUT2D eigenvalue weighted by molar-refractivity contribution is 9.10. The van der Waals surface area contributed by atoms with E-state index in [1.807, 2.05) is 18.2 Å². The van der Waals surface area contributed by atoms with Gasteiger partial charge in [-0.3, -0.25) is 0 Å². The van der Waals surface area contributed by atoms with Crippen molar-refractivity contribution in [2.24, 2.45) is 0 Å². The predicted molar refractivity (Wildman–Crippen MR) is 86.4 cm³/mol. The molecule has 0 heterocycles. The van der Waals surface area contributed by atoms with Crippen molar-refractivity contribution in [1.82, 2.24) is 0 Å². The zero-order valence-electron chi connectivity index (χ0n) is 10.6. The maximum absolute atomic E-state index is 11.4. The number of hydrogen-bond acceptors (Lipinski definition) is 3. The second kappa shape index (κ2) is 6.28. The molecule has 106 valence electrons. The predicted octanol–water partition coefficient (Wildman–Crippen LogP) is 4.54. The fourth-order valence-electron chi connectivity index (χ4n) is 1.59. The minimum absolute atomic E-state index is 0.278. The largest absolute Gasteiger partial charge is 0.457 e. The molecule has 0 saturated heterocycles. The molecular formula is C14H12Br2O3S. The minimum Gasteiger partial charge on any atom is -0.457 e. The van der Waals surface area contributed by atoms with E-state index in [0.717, 1.165) is 15.4 Å². The second-order valence-corrected chi connectivity index (χ2v) is 7.66. The first-order valence-corrected chi connectivity index (χ1v) is 9.53. The molecule has 3 nitrogen and oxygen atoms in total. The number of alkyl halides is 1. The Morgan fingerprint density at radius 1 is 1.05 bits per heavy atom. The maximum Gasteiger partial charge on any atom is 0.175 e. The average Bonchev–Trinajstić information content (AvgIpc) is 2.38. The standard InChI is InChI=1S/C14H12Br2O3S/c1-20(17,18)13-6-4-11(5-7-13)19-12-3-2-10(9-15)14(16)8-12/h2-8H,9H2,1H3. The molecule has 20 heavy (non-hydrogen) atoms. The van der Waals surface area contributed by atoms with E-state index < -0.39 is 9.84 Å². The first-order valence-electron chi connectivity index (χ1n) is 5.72. The van der Waals surface area contributed by atoms with Crippen LogP contribution in [0.2, 0.25) is 0 Å². The molecule has 0 bridgehead atoms. The SMILES string of the molecule is CS(=O)(=O)c1ccc(Oc2ccc(CBr)c(Br)c2)cc1. The van der Waals surface area contributed by atoms with E-state index in [1.54, 1.807) is 12.1 Å². The van der Waals surface area contributed by atoms with E-state index in [1.165, 1.54) is 18.4 Å². The summed E-state index contributed by atoms with van der Waals surface area (Å²) in [6.07, 6.45) is 1.18. The van der Waals surface area contributed by atoms with Crippen molar-refractivity contribution >= 4 is 41.7 Å². The van der Waals surface area contributed by atoms with Gasteiger partial charge in [0.1, 0.15) is 11.5 Å². The summed E-state index contributed by atoms with van der Waals surface area (Å²) in [6.45, 7) is 0. The molecule has 2 aromatic rings. The van der Waals surface area contributed by atoms with Crippen LogP contribution in [0.1, 0.15) is 5.56 Å². The van der Waals surface area contributed by atoms with Gasteiger partial charge in [-0.05, 0) is 42.0 Å². The van der Waals surface area contributed by atoms with Crippen LogP contribution in [0.4, 0.5) is 0 Å². The fraction of sp³-hybridized carbons (Fsp3) is 0.143. The quantitative estimate of drug-likeness (QED) is 0.683. The van der Waals surface area contributed by atoms with E-state index in [2.05, 4.69) is 31.9 Å². The number of hydrogen-bond donors (Lipinski definition) is 0. The molecule has 0 fully saturated rings. The smallest absolute Gasteiger partial charge is 0.175 e. The fourth-order valence-corrected chi connectivity index (χ4v) is 3.58. The van der Waals surface area contributed by atoms with Gasteiger partial charge in [0.2, 0.25) is 0 Å². The number of benzene rings is 2. The van der Waals surface area contributed by atoms with Crippen molar-refractivity contribution < 1.29 is 13.2 Å². The Morgan fingerprint density at radius 2 is 1.65 bits per heavy atom. The zero-order valence-corrected chi connectivity index (χ0v) is 14.6. The number of sulfone groups is 1. The molecule has 0 saturated carbocycles. The van der Waals surface area contributed by atoms with Gasteiger partial charge in [-0.2, -0.15) is 0 Å². The molecule has 0 aliphatic heterocycles. The third kappa shape index (κ3) is 3.84.